The van der Waals surface area contributed by atoms with Crippen molar-refractivity contribution >= 4 is 5.91 Å². The van der Waals surface area contributed by atoms with E-state index in [0.717, 1.165) is 23.2 Å². The lowest BCUT2D eigenvalue weighted by Gasteiger charge is -2.13. The Balaban J connectivity index is 1.46. The maximum Gasteiger partial charge on any atom is 0.273 e. The van der Waals surface area contributed by atoms with Gasteiger partial charge in [0.2, 0.25) is 0 Å². The number of fused-ring (bicyclic) bond motifs is 1. The molecule has 1 amide bonds. The fourth-order valence-electron chi connectivity index (χ4n) is 3.00. The topological polar surface area (TPSA) is 82.2 Å². The Morgan fingerprint density at radius 1 is 1.32 bits per heavy atom. The van der Waals surface area contributed by atoms with Crippen molar-refractivity contribution in [2.45, 2.75) is 19.6 Å². The van der Waals surface area contributed by atoms with E-state index < -0.39 is 0 Å². The zero-order valence-corrected chi connectivity index (χ0v) is 13.9. The molecule has 0 atom stereocenters. The van der Waals surface area contributed by atoms with Gasteiger partial charge in [-0.05, 0) is 0 Å². The van der Waals surface area contributed by atoms with Crippen LogP contribution in [0.1, 0.15) is 27.4 Å². The van der Waals surface area contributed by atoms with Gasteiger partial charge in [-0.2, -0.15) is 5.10 Å². The molecular formula is C18H18N4O3. The summed E-state index contributed by atoms with van der Waals surface area (Å²) in [5.41, 5.74) is 4.20. The minimum absolute atomic E-state index is 0.250. The minimum Gasteiger partial charge on any atom is -0.376 e. The Hall–Kier alpha value is -2.93. The standard InChI is InChI=1S/C18H18N4O3/c1-22-16-7-8-24-11-13(16)15(20-22)10-19-18(23)14-9-17(25-21-14)12-5-3-2-4-6-12/h2-6,9H,7-8,10-11H2,1H3,(H,19,23). The van der Waals surface area contributed by atoms with E-state index in [1.165, 1.54) is 5.69 Å². The van der Waals surface area contributed by atoms with Crippen LogP contribution in [0.25, 0.3) is 11.3 Å². The molecule has 3 aromatic rings. The molecular weight excluding hydrogens is 320 g/mol. The van der Waals surface area contributed by atoms with Gasteiger partial charge < -0.3 is 14.6 Å². The normalized spacial score (nSPS) is 13.5. The average Bonchev–Trinajstić information content (AvgIpc) is 3.27. The second-order valence-electron chi connectivity index (χ2n) is 5.92. The molecule has 7 nitrogen and oxygen atoms in total. The van der Waals surface area contributed by atoms with Crippen molar-refractivity contribution in [1.82, 2.24) is 20.3 Å². The summed E-state index contributed by atoms with van der Waals surface area (Å²) in [5, 5.41) is 11.2. The van der Waals surface area contributed by atoms with Crippen LogP contribution in [0.15, 0.2) is 40.9 Å². The number of aromatic nitrogens is 3. The van der Waals surface area contributed by atoms with Crippen LogP contribution in [0.3, 0.4) is 0 Å². The Morgan fingerprint density at radius 3 is 3.00 bits per heavy atom. The van der Waals surface area contributed by atoms with E-state index in [2.05, 4.69) is 15.6 Å². The predicted molar refractivity (Wildman–Crippen MR) is 89.7 cm³/mol. The minimum atomic E-state index is -0.290. The van der Waals surface area contributed by atoms with Crippen LogP contribution in [0.2, 0.25) is 0 Å². The van der Waals surface area contributed by atoms with Gasteiger partial charge >= 0.3 is 0 Å². The van der Waals surface area contributed by atoms with Crippen molar-refractivity contribution < 1.29 is 14.1 Å². The van der Waals surface area contributed by atoms with Crippen LogP contribution < -0.4 is 5.32 Å². The molecule has 0 fully saturated rings. The van der Waals surface area contributed by atoms with E-state index in [9.17, 15) is 4.79 Å². The number of nitrogens with one attached hydrogen (secondary N) is 1. The highest BCUT2D eigenvalue weighted by molar-refractivity contribution is 5.93. The van der Waals surface area contributed by atoms with E-state index in [4.69, 9.17) is 9.26 Å². The van der Waals surface area contributed by atoms with Crippen LogP contribution in [0, 0.1) is 0 Å². The van der Waals surface area contributed by atoms with Gasteiger partial charge in [0.15, 0.2) is 11.5 Å². The number of benzene rings is 1. The molecule has 1 N–H and O–H groups in total. The van der Waals surface area contributed by atoms with Crippen molar-refractivity contribution in [2.24, 2.45) is 7.05 Å². The van der Waals surface area contributed by atoms with Crippen LogP contribution in [0.5, 0.6) is 0 Å². The number of rotatable bonds is 4. The van der Waals surface area contributed by atoms with E-state index in [1.54, 1.807) is 6.07 Å². The van der Waals surface area contributed by atoms with E-state index in [1.807, 2.05) is 42.1 Å². The molecule has 25 heavy (non-hydrogen) atoms. The molecule has 0 unspecified atom stereocenters. The fourth-order valence-corrected chi connectivity index (χ4v) is 3.00. The van der Waals surface area contributed by atoms with E-state index >= 15 is 0 Å². The van der Waals surface area contributed by atoms with Crippen molar-refractivity contribution in [3.05, 3.63) is 59.0 Å². The highest BCUT2D eigenvalue weighted by Gasteiger charge is 2.21. The Bertz CT molecular complexity index is 898. The summed E-state index contributed by atoms with van der Waals surface area (Å²) in [6.07, 6.45) is 0.844. The van der Waals surface area contributed by atoms with Gasteiger partial charge in [0.1, 0.15) is 0 Å². The number of carbonyl (C=O) groups is 1. The highest BCUT2D eigenvalue weighted by atomic mass is 16.5. The number of nitrogens with zero attached hydrogens (tertiary/aromatic N) is 3. The van der Waals surface area contributed by atoms with Crippen LogP contribution in [-0.2, 0) is 31.4 Å². The first-order valence-electron chi connectivity index (χ1n) is 8.14. The summed E-state index contributed by atoms with van der Waals surface area (Å²) in [6.45, 7) is 1.58. The third kappa shape index (κ3) is 3.06. The Labute approximate surface area is 144 Å². The zero-order valence-electron chi connectivity index (χ0n) is 13.9. The van der Waals surface area contributed by atoms with Gasteiger partial charge in [0.05, 0.1) is 25.5 Å². The number of hydrogen-bond donors (Lipinski definition) is 1. The molecule has 0 spiro atoms. The van der Waals surface area contributed by atoms with E-state index in [-0.39, 0.29) is 11.6 Å². The molecule has 0 saturated carbocycles. The van der Waals surface area contributed by atoms with Crippen LogP contribution in [-0.4, -0.2) is 27.5 Å². The van der Waals surface area contributed by atoms with Gasteiger partial charge in [-0.1, -0.05) is 35.5 Å². The maximum atomic E-state index is 12.3. The van der Waals surface area contributed by atoms with Crippen molar-refractivity contribution in [2.75, 3.05) is 6.61 Å². The van der Waals surface area contributed by atoms with Gasteiger partial charge in [0, 0.05) is 36.4 Å². The summed E-state index contributed by atoms with van der Waals surface area (Å²) in [5.74, 6) is 0.274. The zero-order chi connectivity index (χ0) is 17.2. The molecule has 0 radical (unpaired) electrons. The predicted octanol–water partition coefficient (Wildman–Crippen LogP) is 2.08. The van der Waals surface area contributed by atoms with Gasteiger partial charge in [-0.3, -0.25) is 9.48 Å². The third-order valence-electron chi connectivity index (χ3n) is 4.31. The number of aryl methyl sites for hydroxylation is 1. The lowest BCUT2D eigenvalue weighted by molar-refractivity contribution is 0.0938. The van der Waals surface area contributed by atoms with Gasteiger partial charge in [0.25, 0.3) is 5.91 Å². The molecule has 1 aromatic carbocycles. The monoisotopic (exact) mass is 338 g/mol. The Morgan fingerprint density at radius 2 is 2.16 bits per heavy atom. The number of ether oxygens (including phenoxy) is 1. The van der Waals surface area contributed by atoms with Crippen molar-refractivity contribution in [3.63, 3.8) is 0 Å². The second-order valence-corrected chi connectivity index (χ2v) is 5.92. The number of hydrogen-bond acceptors (Lipinski definition) is 5. The number of amides is 1. The van der Waals surface area contributed by atoms with Gasteiger partial charge in [-0.15, -0.1) is 0 Å². The van der Waals surface area contributed by atoms with Crippen molar-refractivity contribution in [1.29, 1.82) is 0 Å². The lowest BCUT2D eigenvalue weighted by atomic mass is 10.1. The molecule has 2 aromatic heterocycles. The fraction of sp³-hybridized carbons (Fsp3) is 0.278. The Kier molecular flexibility index (Phi) is 4.07. The molecule has 3 heterocycles. The molecule has 4 rings (SSSR count). The summed E-state index contributed by atoms with van der Waals surface area (Å²) in [7, 11) is 1.92. The summed E-state index contributed by atoms with van der Waals surface area (Å²) in [4.78, 5) is 12.3. The SMILES string of the molecule is Cn1nc(CNC(=O)c2cc(-c3ccccc3)on2)c2c1CCOC2. The third-order valence-corrected chi connectivity index (χ3v) is 4.31. The first kappa shape index (κ1) is 15.6. The molecule has 128 valence electrons. The van der Waals surface area contributed by atoms with Crippen LogP contribution >= 0.6 is 0 Å². The summed E-state index contributed by atoms with van der Waals surface area (Å²) >= 11 is 0. The largest absolute Gasteiger partial charge is 0.376 e. The molecule has 1 aliphatic heterocycles. The smallest absolute Gasteiger partial charge is 0.273 e. The molecule has 1 aliphatic rings. The first-order valence-corrected chi connectivity index (χ1v) is 8.14. The molecule has 0 bridgehead atoms. The molecule has 0 aliphatic carbocycles. The first-order chi connectivity index (χ1) is 12.2. The number of carbonyl (C=O) groups excluding carboxylic acids is 1. The quantitative estimate of drug-likeness (QED) is 0.787. The van der Waals surface area contributed by atoms with E-state index in [0.29, 0.717) is 25.5 Å². The highest BCUT2D eigenvalue weighted by Crippen LogP contribution is 2.21. The average molecular weight is 338 g/mol. The maximum absolute atomic E-state index is 12.3. The van der Waals surface area contributed by atoms with Crippen LogP contribution in [0.4, 0.5) is 0 Å². The van der Waals surface area contributed by atoms with Gasteiger partial charge in [-0.25, -0.2) is 0 Å². The molecule has 7 heteroatoms. The van der Waals surface area contributed by atoms with Crippen molar-refractivity contribution in [3.8, 4) is 11.3 Å². The lowest BCUT2D eigenvalue weighted by Crippen LogP contribution is -2.24. The summed E-state index contributed by atoms with van der Waals surface area (Å²) in [6, 6.07) is 11.2. The second kappa shape index (κ2) is 6.52. The molecule has 0 saturated heterocycles. The summed E-state index contributed by atoms with van der Waals surface area (Å²) < 4.78 is 12.6.